The Kier molecular flexibility index (Phi) is 2.14. The molecule has 0 aliphatic carbocycles. The van der Waals surface area contributed by atoms with E-state index in [1.807, 2.05) is 0 Å². The van der Waals surface area contributed by atoms with Gasteiger partial charge >= 0.3 is 6.18 Å². The number of halogens is 3. The molecule has 0 bridgehead atoms. The van der Waals surface area contributed by atoms with Crippen molar-refractivity contribution in [2.75, 3.05) is 0 Å². The van der Waals surface area contributed by atoms with Crippen molar-refractivity contribution < 1.29 is 17.6 Å². The average Bonchev–Trinajstić information content (AvgIpc) is 2.69. The standard InChI is InChI=1S/C8H4F3N3O/c9-8(10,11)7-3-13-5(1-14-7)6-2-12-4-15-6/h1-4H. The summed E-state index contributed by atoms with van der Waals surface area (Å²) in [4.78, 5) is 10.4. The van der Waals surface area contributed by atoms with Gasteiger partial charge in [0.25, 0.3) is 0 Å². The Labute approximate surface area is 81.8 Å². The van der Waals surface area contributed by atoms with Gasteiger partial charge in [-0.3, -0.25) is 0 Å². The first kappa shape index (κ1) is 9.63. The lowest BCUT2D eigenvalue weighted by Gasteiger charge is -2.04. The molecule has 0 radical (unpaired) electrons. The lowest BCUT2D eigenvalue weighted by Crippen LogP contribution is -2.08. The highest BCUT2D eigenvalue weighted by Crippen LogP contribution is 2.27. The molecule has 0 saturated heterocycles. The van der Waals surface area contributed by atoms with Crippen LogP contribution in [0.2, 0.25) is 0 Å². The number of rotatable bonds is 1. The zero-order valence-electron chi connectivity index (χ0n) is 7.19. The summed E-state index contributed by atoms with van der Waals surface area (Å²) < 4.78 is 41.2. The molecule has 2 aromatic heterocycles. The topological polar surface area (TPSA) is 51.8 Å². The van der Waals surface area contributed by atoms with Gasteiger partial charge in [0.05, 0.1) is 18.6 Å². The van der Waals surface area contributed by atoms with Crippen LogP contribution in [0.15, 0.2) is 29.4 Å². The molecule has 0 amide bonds. The predicted octanol–water partition coefficient (Wildman–Crippen LogP) is 2.15. The summed E-state index contributed by atoms with van der Waals surface area (Å²) in [6.07, 6.45) is -0.333. The van der Waals surface area contributed by atoms with Crippen LogP contribution in [0.25, 0.3) is 11.5 Å². The summed E-state index contributed by atoms with van der Waals surface area (Å²) in [5.74, 6) is 0.274. The average molecular weight is 215 g/mol. The maximum absolute atomic E-state index is 12.1. The van der Waals surface area contributed by atoms with Crippen LogP contribution in [0.1, 0.15) is 5.69 Å². The van der Waals surface area contributed by atoms with Crippen LogP contribution < -0.4 is 0 Å². The third kappa shape index (κ3) is 1.95. The van der Waals surface area contributed by atoms with Gasteiger partial charge in [-0.05, 0) is 0 Å². The zero-order valence-corrected chi connectivity index (χ0v) is 7.19. The van der Waals surface area contributed by atoms with Gasteiger partial charge in [0, 0.05) is 0 Å². The van der Waals surface area contributed by atoms with E-state index in [1.54, 1.807) is 0 Å². The second-order valence-electron chi connectivity index (χ2n) is 2.65. The van der Waals surface area contributed by atoms with E-state index in [4.69, 9.17) is 4.42 Å². The van der Waals surface area contributed by atoms with Gasteiger partial charge in [0.2, 0.25) is 0 Å². The molecule has 0 aliphatic heterocycles. The molecule has 0 aromatic carbocycles. The molecule has 0 atom stereocenters. The number of hydrogen-bond donors (Lipinski definition) is 0. The normalized spacial score (nSPS) is 11.7. The Hall–Kier alpha value is -1.92. The molecule has 0 spiro atoms. The van der Waals surface area contributed by atoms with Crippen molar-refractivity contribution in [1.82, 2.24) is 15.0 Å². The summed E-state index contributed by atoms with van der Waals surface area (Å²) in [6, 6.07) is 0. The molecular weight excluding hydrogens is 211 g/mol. The first-order valence-corrected chi connectivity index (χ1v) is 3.85. The fourth-order valence-electron chi connectivity index (χ4n) is 0.944. The second kappa shape index (κ2) is 3.34. The minimum absolute atomic E-state index is 0.209. The van der Waals surface area contributed by atoms with Crippen molar-refractivity contribution in [2.45, 2.75) is 6.18 Å². The highest BCUT2D eigenvalue weighted by molar-refractivity contribution is 5.48. The molecule has 78 valence electrons. The third-order valence-corrected chi connectivity index (χ3v) is 1.63. The lowest BCUT2D eigenvalue weighted by atomic mass is 10.3. The Bertz CT molecular complexity index is 435. The van der Waals surface area contributed by atoms with Crippen LogP contribution in [0.4, 0.5) is 13.2 Å². The molecule has 0 saturated carbocycles. The van der Waals surface area contributed by atoms with Gasteiger partial charge in [0.1, 0.15) is 5.69 Å². The molecule has 7 heteroatoms. The van der Waals surface area contributed by atoms with E-state index in [9.17, 15) is 13.2 Å². The first-order valence-electron chi connectivity index (χ1n) is 3.85. The Morgan fingerprint density at radius 3 is 2.33 bits per heavy atom. The number of hydrogen-bond acceptors (Lipinski definition) is 4. The van der Waals surface area contributed by atoms with Crippen molar-refractivity contribution in [3.05, 3.63) is 30.7 Å². The van der Waals surface area contributed by atoms with E-state index >= 15 is 0 Å². The summed E-state index contributed by atoms with van der Waals surface area (Å²) >= 11 is 0. The molecule has 0 N–H and O–H groups in total. The van der Waals surface area contributed by atoms with Crippen molar-refractivity contribution in [3.63, 3.8) is 0 Å². The molecule has 2 rings (SSSR count). The molecule has 2 aromatic rings. The van der Waals surface area contributed by atoms with E-state index in [0.29, 0.717) is 6.20 Å². The molecule has 15 heavy (non-hydrogen) atoms. The lowest BCUT2D eigenvalue weighted by molar-refractivity contribution is -0.141. The maximum atomic E-state index is 12.1. The fraction of sp³-hybridized carbons (Fsp3) is 0.125. The number of aromatic nitrogens is 3. The zero-order chi connectivity index (χ0) is 10.9. The van der Waals surface area contributed by atoms with Crippen LogP contribution in [-0.2, 0) is 6.18 Å². The van der Waals surface area contributed by atoms with Gasteiger partial charge < -0.3 is 4.42 Å². The third-order valence-electron chi connectivity index (χ3n) is 1.63. The highest BCUT2D eigenvalue weighted by atomic mass is 19.4. The molecule has 0 unspecified atom stereocenters. The van der Waals surface area contributed by atoms with Crippen LogP contribution in [0, 0.1) is 0 Å². The van der Waals surface area contributed by atoms with Crippen molar-refractivity contribution in [3.8, 4) is 11.5 Å². The van der Waals surface area contributed by atoms with Crippen LogP contribution in [-0.4, -0.2) is 15.0 Å². The van der Waals surface area contributed by atoms with Crippen LogP contribution in [0.3, 0.4) is 0 Å². The van der Waals surface area contributed by atoms with E-state index in [2.05, 4.69) is 15.0 Å². The largest absolute Gasteiger partial charge is 0.442 e. The summed E-state index contributed by atoms with van der Waals surface area (Å²) in [5, 5.41) is 0. The summed E-state index contributed by atoms with van der Waals surface area (Å²) in [5.41, 5.74) is -0.828. The molecular formula is C8H4F3N3O. The Morgan fingerprint density at radius 1 is 1.07 bits per heavy atom. The Morgan fingerprint density at radius 2 is 1.87 bits per heavy atom. The molecule has 4 nitrogen and oxygen atoms in total. The number of nitrogens with zero attached hydrogens (tertiary/aromatic N) is 3. The fourth-order valence-corrected chi connectivity index (χ4v) is 0.944. The quantitative estimate of drug-likeness (QED) is 0.731. The van der Waals surface area contributed by atoms with E-state index in [0.717, 1.165) is 12.6 Å². The van der Waals surface area contributed by atoms with Crippen molar-refractivity contribution in [1.29, 1.82) is 0 Å². The van der Waals surface area contributed by atoms with Crippen LogP contribution in [0.5, 0.6) is 0 Å². The number of alkyl halides is 3. The summed E-state index contributed by atoms with van der Waals surface area (Å²) in [6.45, 7) is 0. The van der Waals surface area contributed by atoms with E-state index in [-0.39, 0.29) is 11.5 Å². The molecule has 0 aliphatic rings. The maximum Gasteiger partial charge on any atom is 0.434 e. The van der Waals surface area contributed by atoms with Gasteiger partial charge in [-0.25, -0.2) is 15.0 Å². The van der Waals surface area contributed by atoms with Gasteiger partial charge in [-0.2, -0.15) is 13.2 Å². The van der Waals surface area contributed by atoms with E-state index in [1.165, 1.54) is 6.20 Å². The SMILES string of the molecule is FC(F)(F)c1cnc(-c2cnco2)cn1. The predicted molar refractivity (Wildman–Crippen MR) is 42.5 cm³/mol. The Balaban J connectivity index is 2.33. The van der Waals surface area contributed by atoms with Gasteiger partial charge in [-0.15, -0.1) is 0 Å². The summed E-state index contributed by atoms with van der Waals surface area (Å²) in [7, 11) is 0. The minimum Gasteiger partial charge on any atom is -0.442 e. The number of oxazole rings is 1. The van der Waals surface area contributed by atoms with Crippen molar-refractivity contribution >= 4 is 0 Å². The monoisotopic (exact) mass is 215 g/mol. The first-order chi connectivity index (χ1) is 7.07. The van der Waals surface area contributed by atoms with Crippen molar-refractivity contribution in [2.24, 2.45) is 0 Å². The van der Waals surface area contributed by atoms with Gasteiger partial charge in [0.15, 0.2) is 17.8 Å². The second-order valence-corrected chi connectivity index (χ2v) is 2.65. The smallest absolute Gasteiger partial charge is 0.434 e. The minimum atomic E-state index is -4.48. The van der Waals surface area contributed by atoms with Crippen LogP contribution >= 0.6 is 0 Å². The van der Waals surface area contributed by atoms with Gasteiger partial charge in [-0.1, -0.05) is 0 Å². The van der Waals surface area contributed by atoms with E-state index < -0.39 is 11.9 Å². The molecule has 0 fully saturated rings. The molecule has 2 heterocycles. The highest BCUT2D eigenvalue weighted by Gasteiger charge is 2.32.